The normalized spacial score (nSPS) is 14.0. The zero-order valence-corrected chi connectivity index (χ0v) is 10.8. The maximum absolute atomic E-state index is 11.6. The third-order valence-electron chi connectivity index (χ3n) is 3.52. The van der Waals surface area contributed by atoms with Crippen LogP contribution < -0.4 is 10.6 Å². The Morgan fingerprint density at radius 3 is 2.79 bits per heavy atom. The lowest BCUT2D eigenvalue weighted by atomic mass is 10.0. The number of rotatable bonds is 3. The van der Waals surface area contributed by atoms with E-state index in [2.05, 4.69) is 6.07 Å². The first kappa shape index (κ1) is 12.0. The van der Waals surface area contributed by atoms with E-state index in [4.69, 9.17) is 10.2 Å². The summed E-state index contributed by atoms with van der Waals surface area (Å²) in [4.78, 5) is 13.3. The molecule has 0 fully saturated rings. The quantitative estimate of drug-likeness (QED) is 0.911. The van der Waals surface area contributed by atoms with E-state index >= 15 is 0 Å². The Morgan fingerprint density at radius 1 is 1.26 bits per heavy atom. The van der Waals surface area contributed by atoms with E-state index in [1.807, 2.05) is 31.3 Å². The van der Waals surface area contributed by atoms with Gasteiger partial charge in [0.25, 0.3) is 0 Å². The van der Waals surface area contributed by atoms with Gasteiger partial charge in [-0.25, -0.2) is 0 Å². The van der Waals surface area contributed by atoms with Crippen LogP contribution in [0.3, 0.4) is 0 Å². The fourth-order valence-corrected chi connectivity index (χ4v) is 2.46. The van der Waals surface area contributed by atoms with Crippen LogP contribution in [-0.4, -0.2) is 13.0 Å². The summed E-state index contributed by atoms with van der Waals surface area (Å²) in [7, 11) is 1.81. The van der Waals surface area contributed by atoms with Crippen LogP contribution >= 0.6 is 0 Å². The Kier molecular flexibility index (Phi) is 2.87. The largest absolute Gasteiger partial charge is 0.464 e. The molecule has 2 N–H and O–H groups in total. The summed E-state index contributed by atoms with van der Waals surface area (Å²) in [5.41, 5.74) is 8.78. The lowest BCUT2D eigenvalue weighted by Gasteiger charge is -2.10. The molecule has 0 aliphatic carbocycles. The zero-order valence-electron chi connectivity index (χ0n) is 10.8. The number of nitrogens with zero attached hydrogens (tertiary/aromatic N) is 1. The molecule has 3 rings (SSSR count). The molecule has 1 aliphatic rings. The summed E-state index contributed by atoms with van der Waals surface area (Å²) in [6, 6.07) is 9.98. The Morgan fingerprint density at radius 2 is 2.05 bits per heavy atom. The number of amides is 1. The average Bonchev–Trinajstić information content (AvgIpc) is 2.96. The van der Waals surface area contributed by atoms with Crippen LogP contribution in [0.2, 0.25) is 0 Å². The van der Waals surface area contributed by atoms with E-state index in [9.17, 15) is 4.79 Å². The summed E-state index contributed by atoms with van der Waals surface area (Å²) in [5, 5.41) is 0. The molecule has 1 aromatic heterocycles. The maximum atomic E-state index is 11.6. The van der Waals surface area contributed by atoms with Crippen LogP contribution in [-0.2, 0) is 24.2 Å². The van der Waals surface area contributed by atoms with Crippen molar-refractivity contribution < 1.29 is 9.21 Å². The Labute approximate surface area is 111 Å². The summed E-state index contributed by atoms with van der Waals surface area (Å²) in [6.45, 7) is 0.420. The molecule has 19 heavy (non-hydrogen) atoms. The minimum Gasteiger partial charge on any atom is -0.464 e. The predicted octanol–water partition coefficient (Wildman–Crippen LogP) is 1.85. The molecule has 4 heteroatoms. The van der Waals surface area contributed by atoms with Crippen LogP contribution in [0.5, 0.6) is 0 Å². The first-order chi connectivity index (χ1) is 9.17. The first-order valence-electron chi connectivity index (χ1n) is 6.33. The molecule has 1 aromatic carbocycles. The number of carbonyl (C=O) groups excluding carboxylic acids is 1. The number of nitrogens with two attached hydrogens (primary N) is 1. The molecule has 1 aliphatic heterocycles. The highest BCUT2D eigenvalue weighted by Crippen LogP contribution is 2.29. The van der Waals surface area contributed by atoms with Crippen molar-refractivity contribution in [2.24, 2.45) is 5.73 Å². The molecule has 0 bridgehead atoms. The predicted molar refractivity (Wildman–Crippen MR) is 73.0 cm³/mol. The second-order valence-corrected chi connectivity index (χ2v) is 4.84. The van der Waals surface area contributed by atoms with Crippen molar-refractivity contribution in [2.45, 2.75) is 19.4 Å². The second kappa shape index (κ2) is 4.55. The van der Waals surface area contributed by atoms with Gasteiger partial charge in [0.2, 0.25) is 5.91 Å². The third kappa shape index (κ3) is 2.15. The number of likely N-dealkylation sites (N-methyl/N-ethyl adjacent to an activating group) is 1. The molecule has 0 radical (unpaired) electrons. The first-order valence-corrected chi connectivity index (χ1v) is 6.33. The SMILES string of the molecule is CN1C(=O)Cc2cc(Cc3ccc(CN)o3)ccc21. The van der Waals surface area contributed by atoms with Gasteiger partial charge >= 0.3 is 0 Å². The van der Waals surface area contributed by atoms with Crippen LogP contribution in [0.25, 0.3) is 0 Å². The van der Waals surface area contributed by atoms with E-state index in [-0.39, 0.29) is 5.91 Å². The number of hydrogen-bond acceptors (Lipinski definition) is 3. The van der Waals surface area contributed by atoms with Gasteiger partial charge in [0.05, 0.1) is 13.0 Å². The Bertz CT molecular complexity index is 631. The van der Waals surface area contributed by atoms with Crippen molar-refractivity contribution in [1.82, 2.24) is 0 Å². The number of furan rings is 1. The van der Waals surface area contributed by atoms with Crippen molar-refractivity contribution in [3.8, 4) is 0 Å². The number of anilines is 1. The van der Waals surface area contributed by atoms with Gasteiger partial charge in [-0.1, -0.05) is 12.1 Å². The molecule has 0 saturated carbocycles. The van der Waals surface area contributed by atoms with E-state index in [0.29, 0.717) is 13.0 Å². The summed E-state index contributed by atoms with van der Waals surface area (Å²) in [5.74, 6) is 1.85. The summed E-state index contributed by atoms with van der Waals surface area (Å²) in [6.07, 6.45) is 1.22. The number of hydrogen-bond donors (Lipinski definition) is 1. The van der Waals surface area contributed by atoms with Crippen LogP contribution in [0.15, 0.2) is 34.7 Å². The molecule has 0 unspecified atom stereocenters. The van der Waals surface area contributed by atoms with E-state index in [1.165, 1.54) is 0 Å². The van der Waals surface area contributed by atoms with Gasteiger partial charge in [-0.05, 0) is 29.3 Å². The van der Waals surface area contributed by atoms with E-state index in [1.54, 1.807) is 4.90 Å². The molecule has 1 amide bonds. The van der Waals surface area contributed by atoms with Gasteiger partial charge in [-0.15, -0.1) is 0 Å². The highest BCUT2D eigenvalue weighted by Gasteiger charge is 2.23. The minimum atomic E-state index is 0.149. The van der Waals surface area contributed by atoms with Crippen molar-refractivity contribution in [3.05, 3.63) is 53.0 Å². The van der Waals surface area contributed by atoms with Crippen molar-refractivity contribution in [1.29, 1.82) is 0 Å². The fraction of sp³-hybridized carbons (Fsp3) is 0.267. The topological polar surface area (TPSA) is 59.5 Å². The monoisotopic (exact) mass is 256 g/mol. The lowest BCUT2D eigenvalue weighted by molar-refractivity contribution is -0.117. The fourth-order valence-electron chi connectivity index (χ4n) is 2.46. The molecular formula is C15H16N2O2. The molecule has 2 heterocycles. The number of fused-ring (bicyclic) bond motifs is 1. The van der Waals surface area contributed by atoms with Gasteiger partial charge in [0, 0.05) is 19.2 Å². The van der Waals surface area contributed by atoms with E-state index in [0.717, 1.165) is 34.8 Å². The summed E-state index contributed by atoms with van der Waals surface area (Å²) >= 11 is 0. The molecule has 4 nitrogen and oxygen atoms in total. The smallest absolute Gasteiger partial charge is 0.231 e. The van der Waals surface area contributed by atoms with Crippen LogP contribution in [0.4, 0.5) is 5.69 Å². The van der Waals surface area contributed by atoms with Gasteiger partial charge in [0.1, 0.15) is 11.5 Å². The minimum absolute atomic E-state index is 0.149. The number of carbonyl (C=O) groups is 1. The van der Waals surface area contributed by atoms with Crippen molar-refractivity contribution in [2.75, 3.05) is 11.9 Å². The van der Waals surface area contributed by atoms with Gasteiger partial charge in [-0.2, -0.15) is 0 Å². The Balaban J connectivity index is 1.84. The standard InChI is InChI=1S/C15H16N2O2/c1-17-14-5-2-10(6-11(14)8-15(17)18)7-12-3-4-13(9-16)19-12/h2-6H,7-9,16H2,1H3. The van der Waals surface area contributed by atoms with Crippen LogP contribution in [0.1, 0.15) is 22.6 Å². The summed E-state index contributed by atoms with van der Waals surface area (Å²) < 4.78 is 5.60. The van der Waals surface area contributed by atoms with Gasteiger partial charge in [0.15, 0.2) is 0 Å². The van der Waals surface area contributed by atoms with Crippen LogP contribution in [0, 0.1) is 0 Å². The molecular weight excluding hydrogens is 240 g/mol. The number of benzene rings is 1. The molecule has 0 spiro atoms. The van der Waals surface area contributed by atoms with Crippen molar-refractivity contribution in [3.63, 3.8) is 0 Å². The van der Waals surface area contributed by atoms with Gasteiger partial charge < -0.3 is 15.1 Å². The molecule has 0 saturated heterocycles. The average molecular weight is 256 g/mol. The maximum Gasteiger partial charge on any atom is 0.231 e. The molecule has 0 atom stereocenters. The van der Waals surface area contributed by atoms with Gasteiger partial charge in [-0.3, -0.25) is 4.79 Å². The zero-order chi connectivity index (χ0) is 13.4. The molecule has 2 aromatic rings. The molecule has 98 valence electrons. The second-order valence-electron chi connectivity index (χ2n) is 4.84. The highest BCUT2D eigenvalue weighted by atomic mass is 16.3. The third-order valence-corrected chi connectivity index (χ3v) is 3.52. The lowest BCUT2D eigenvalue weighted by Crippen LogP contribution is -2.20. The highest BCUT2D eigenvalue weighted by molar-refractivity contribution is 6.00. The van der Waals surface area contributed by atoms with E-state index < -0.39 is 0 Å². The van der Waals surface area contributed by atoms with Crippen molar-refractivity contribution >= 4 is 11.6 Å². The Hall–Kier alpha value is -2.07.